The second kappa shape index (κ2) is 5.37. The normalized spacial score (nSPS) is 18.5. The summed E-state index contributed by atoms with van der Waals surface area (Å²) in [6.45, 7) is 3.24. The molecule has 1 N–H and O–H groups in total. The van der Waals surface area contributed by atoms with Gasteiger partial charge in [-0.05, 0) is 37.8 Å². The second-order valence-corrected chi connectivity index (χ2v) is 6.40. The van der Waals surface area contributed by atoms with E-state index in [1.165, 1.54) is 35.4 Å². The first-order valence-corrected chi connectivity index (χ1v) is 7.72. The number of thiazole rings is 1. The molecule has 1 aliphatic rings. The summed E-state index contributed by atoms with van der Waals surface area (Å²) in [5, 5.41) is 4.86. The van der Waals surface area contributed by atoms with E-state index in [-0.39, 0.29) is 0 Å². The highest BCUT2D eigenvalue weighted by Crippen LogP contribution is 2.28. The second-order valence-electron chi connectivity index (χ2n) is 5.29. The lowest BCUT2D eigenvalue weighted by molar-refractivity contribution is 0.380. The highest BCUT2D eigenvalue weighted by Gasteiger charge is 2.21. The van der Waals surface area contributed by atoms with Gasteiger partial charge in [-0.3, -0.25) is 0 Å². The fourth-order valence-electron chi connectivity index (χ4n) is 2.87. The number of fused-ring (bicyclic) bond motifs is 1. The molecule has 3 rings (SSSR count). The van der Waals surface area contributed by atoms with Crippen molar-refractivity contribution in [1.29, 1.82) is 0 Å². The molecule has 2 aromatic rings. The van der Waals surface area contributed by atoms with E-state index in [0.717, 1.165) is 18.0 Å². The molecule has 1 saturated carbocycles. The maximum Gasteiger partial charge on any atom is 0.108 e. The van der Waals surface area contributed by atoms with Crippen LogP contribution in [0.15, 0.2) is 24.3 Å². The molecule has 1 unspecified atom stereocenters. The zero-order valence-corrected chi connectivity index (χ0v) is 11.7. The van der Waals surface area contributed by atoms with Crippen molar-refractivity contribution in [2.45, 2.75) is 45.2 Å². The van der Waals surface area contributed by atoms with Crippen molar-refractivity contribution in [1.82, 2.24) is 10.3 Å². The minimum Gasteiger partial charge on any atom is -0.308 e. The largest absolute Gasteiger partial charge is 0.308 e. The van der Waals surface area contributed by atoms with Gasteiger partial charge in [0.05, 0.1) is 10.2 Å². The van der Waals surface area contributed by atoms with E-state index in [2.05, 4.69) is 41.5 Å². The Morgan fingerprint density at radius 3 is 2.89 bits per heavy atom. The summed E-state index contributed by atoms with van der Waals surface area (Å²) in [6.07, 6.45) is 5.62. The van der Waals surface area contributed by atoms with Crippen LogP contribution in [-0.4, -0.2) is 11.0 Å². The van der Waals surface area contributed by atoms with Crippen LogP contribution in [0.3, 0.4) is 0 Å². The topological polar surface area (TPSA) is 24.9 Å². The van der Waals surface area contributed by atoms with Gasteiger partial charge in [-0.2, -0.15) is 0 Å². The van der Waals surface area contributed by atoms with Crippen LogP contribution in [0, 0.1) is 5.92 Å². The molecule has 1 aromatic carbocycles. The summed E-state index contributed by atoms with van der Waals surface area (Å²) in [7, 11) is 0. The summed E-state index contributed by atoms with van der Waals surface area (Å²) in [5.74, 6) is 0.874. The van der Waals surface area contributed by atoms with Crippen LogP contribution in [0.4, 0.5) is 0 Å². The quantitative estimate of drug-likeness (QED) is 0.900. The first-order valence-electron chi connectivity index (χ1n) is 6.91. The van der Waals surface area contributed by atoms with Gasteiger partial charge in [0.1, 0.15) is 5.01 Å². The van der Waals surface area contributed by atoms with Gasteiger partial charge in [0.25, 0.3) is 0 Å². The minimum atomic E-state index is 0.625. The molecule has 1 aliphatic carbocycles. The maximum atomic E-state index is 4.67. The molecular weight excluding hydrogens is 240 g/mol. The van der Waals surface area contributed by atoms with Crippen molar-refractivity contribution in [2.75, 3.05) is 0 Å². The van der Waals surface area contributed by atoms with Crippen LogP contribution in [0.1, 0.15) is 37.6 Å². The number of nitrogens with one attached hydrogen (secondary N) is 1. The number of aromatic nitrogens is 1. The molecule has 0 saturated heterocycles. The van der Waals surface area contributed by atoms with Crippen molar-refractivity contribution < 1.29 is 0 Å². The first kappa shape index (κ1) is 12.1. The van der Waals surface area contributed by atoms with Gasteiger partial charge in [-0.25, -0.2) is 4.98 Å². The summed E-state index contributed by atoms with van der Waals surface area (Å²) in [4.78, 5) is 4.67. The van der Waals surface area contributed by atoms with E-state index in [4.69, 9.17) is 0 Å². The average molecular weight is 260 g/mol. The number of hydrogen-bond donors (Lipinski definition) is 1. The number of benzene rings is 1. The molecule has 1 atom stereocenters. The Labute approximate surface area is 112 Å². The number of rotatable bonds is 4. The third kappa shape index (κ3) is 2.57. The third-order valence-corrected chi connectivity index (χ3v) is 5.06. The molecule has 0 spiro atoms. The Balaban J connectivity index is 1.62. The molecule has 1 heterocycles. The summed E-state index contributed by atoms with van der Waals surface area (Å²) in [6, 6.07) is 9.01. The van der Waals surface area contributed by atoms with E-state index in [1.54, 1.807) is 0 Å². The average Bonchev–Trinajstić information content (AvgIpc) is 3.04. The van der Waals surface area contributed by atoms with E-state index >= 15 is 0 Å². The molecule has 0 amide bonds. The molecule has 3 heteroatoms. The smallest absolute Gasteiger partial charge is 0.108 e. The lowest BCUT2D eigenvalue weighted by Gasteiger charge is -2.19. The van der Waals surface area contributed by atoms with Crippen LogP contribution >= 0.6 is 11.3 Å². The molecule has 0 bridgehead atoms. The van der Waals surface area contributed by atoms with Crippen LogP contribution in [0.5, 0.6) is 0 Å². The van der Waals surface area contributed by atoms with Crippen LogP contribution in [0.2, 0.25) is 0 Å². The standard InChI is InChI=1S/C15H20N2S/c1-11(12-6-2-3-7-12)16-10-15-17-13-8-4-5-9-14(13)18-15/h4-5,8-9,11-12,16H,2-3,6-7,10H2,1H3. The van der Waals surface area contributed by atoms with Gasteiger partial charge in [0.15, 0.2) is 0 Å². The molecule has 96 valence electrons. The predicted octanol–water partition coefficient (Wildman–Crippen LogP) is 3.96. The van der Waals surface area contributed by atoms with E-state index in [9.17, 15) is 0 Å². The highest BCUT2D eigenvalue weighted by molar-refractivity contribution is 7.18. The van der Waals surface area contributed by atoms with Gasteiger partial charge in [0, 0.05) is 12.6 Å². The van der Waals surface area contributed by atoms with Crippen molar-refractivity contribution in [3.8, 4) is 0 Å². The van der Waals surface area contributed by atoms with E-state index in [0.29, 0.717) is 6.04 Å². The Hall–Kier alpha value is -0.930. The van der Waals surface area contributed by atoms with Crippen LogP contribution in [-0.2, 0) is 6.54 Å². The maximum absolute atomic E-state index is 4.67. The lowest BCUT2D eigenvalue weighted by atomic mass is 10.00. The van der Waals surface area contributed by atoms with Crippen LogP contribution < -0.4 is 5.32 Å². The predicted molar refractivity (Wildman–Crippen MR) is 77.9 cm³/mol. The van der Waals surface area contributed by atoms with E-state index < -0.39 is 0 Å². The molecule has 1 fully saturated rings. The third-order valence-electron chi connectivity index (χ3n) is 4.02. The Kier molecular flexibility index (Phi) is 3.62. The molecule has 18 heavy (non-hydrogen) atoms. The molecule has 0 aliphatic heterocycles. The Bertz CT molecular complexity index is 481. The monoisotopic (exact) mass is 260 g/mol. The molecule has 1 aromatic heterocycles. The lowest BCUT2D eigenvalue weighted by Crippen LogP contribution is -2.31. The Morgan fingerprint density at radius 1 is 1.33 bits per heavy atom. The number of para-hydroxylation sites is 1. The highest BCUT2D eigenvalue weighted by atomic mass is 32.1. The number of hydrogen-bond acceptors (Lipinski definition) is 3. The van der Waals surface area contributed by atoms with Crippen molar-refractivity contribution in [2.24, 2.45) is 5.92 Å². The van der Waals surface area contributed by atoms with Gasteiger partial charge in [-0.15, -0.1) is 11.3 Å². The Morgan fingerprint density at radius 2 is 2.11 bits per heavy atom. The van der Waals surface area contributed by atoms with Gasteiger partial charge >= 0.3 is 0 Å². The fraction of sp³-hybridized carbons (Fsp3) is 0.533. The minimum absolute atomic E-state index is 0.625. The summed E-state index contributed by atoms with van der Waals surface area (Å²) in [5.41, 5.74) is 1.13. The van der Waals surface area contributed by atoms with Crippen molar-refractivity contribution >= 4 is 21.6 Å². The van der Waals surface area contributed by atoms with Crippen molar-refractivity contribution in [3.05, 3.63) is 29.3 Å². The SMILES string of the molecule is CC(NCc1nc2ccccc2s1)C1CCCC1. The molecule has 0 radical (unpaired) electrons. The van der Waals surface area contributed by atoms with E-state index in [1.807, 2.05) is 11.3 Å². The zero-order chi connectivity index (χ0) is 12.4. The molecular formula is C15H20N2S. The van der Waals surface area contributed by atoms with Crippen molar-refractivity contribution in [3.63, 3.8) is 0 Å². The van der Waals surface area contributed by atoms with Gasteiger partial charge in [0.2, 0.25) is 0 Å². The molecule has 2 nitrogen and oxygen atoms in total. The first-order chi connectivity index (χ1) is 8.83. The summed E-state index contributed by atoms with van der Waals surface area (Å²) >= 11 is 1.81. The fourth-order valence-corrected chi connectivity index (χ4v) is 3.79. The van der Waals surface area contributed by atoms with Gasteiger partial charge in [-0.1, -0.05) is 25.0 Å². The zero-order valence-electron chi connectivity index (χ0n) is 10.9. The number of nitrogens with zero attached hydrogens (tertiary/aromatic N) is 1. The van der Waals surface area contributed by atoms with Gasteiger partial charge < -0.3 is 5.32 Å². The van der Waals surface area contributed by atoms with Crippen LogP contribution in [0.25, 0.3) is 10.2 Å². The summed E-state index contributed by atoms with van der Waals surface area (Å²) < 4.78 is 1.29.